The molecule has 100 valence electrons. The first-order chi connectivity index (χ1) is 9.04. The summed E-state index contributed by atoms with van der Waals surface area (Å²) >= 11 is 6.19. The number of hydrogen-bond donors (Lipinski definition) is 2. The van der Waals surface area contributed by atoms with Crippen molar-refractivity contribution < 1.29 is 8.78 Å². The fourth-order valence-electron chi connectivity index (χ4n) is 1.80. The molecule has 1 unspecified atom stereocenters. The molecule has 0 aliphatic carbocycles. The molecule has 0 saturated heterocycles. The standard InChI is InChI=1S/C13H10Br2F2N2/c14-9-5-4-7(6-11(9)16)13(19-18)8-2-1-3-10(15)12(8)17/h1-6,13,19H,18H2. The summed E-state index contributed by atoms with van der Waals surface area (Å²) in [5, 5.41) is 0. The maximum absolute atomic E-state index is 14.1. The Morgan fingerprint density at radius 3 is 2.42 bits per heavy atom. The molecule has 0 bridgehead atoms. The second kappa shape index (κ2) is 6.09. The molecular weight excluding hydrogens is 382 g/mol. The topological polar surface area (TPSA) is 38.0 Å². The van der Waals surface area contributed by atoms with Crippen LogP contribution in [0.25, 0.3) is 0 Å². The molecule has 0 saturated carbocycles. The summed E-state index contributed by atoms with van der Waals surface area (Å²) in [4.78, 5) is 0. The van der Waals surface area contributed by atoms with Crippen LogP contribution >= 0.6 is 31.9 Å². The normalized spacial score (nSPS) is 12.5. The quantitative estimate of drug-likeness (QED) is 0.612. The van der Waals surface area contributed by atoms with Gasteiger partial charge in [-0.3, -0.25) is 5.84 Å². The van der Waals surface area contributed by atoms with Gasteiger partial charge in [-0.15, -0.1) is 0 Å². The number of rotatable bonds is 3. The van der Waals surface area contributed by atoms with Gasteiger partial charge in [0.05, 0.1) is 15.0 Å². The zero-order valence-electron chi connectivity index (χ0n) is 9.63. The molecule has 0 fully saturated rings. The Bertz CT molecular complexity index is 605. The highest BCUT2D eigenvalue weighted by atomic mass is 79.9. The van der Waals surface area contributed by atoms with Crippen molar-refractivity contribution in [1.29, 1.82) is 0 Å². The number of nitrogens with two attached hydrogens (primary N) is 1. The van der Waals surface area contributed by atoms with Crippen molar-refractivity contribution in [3.05, 3.63) is 68.1 Å². The van der Waals surface area contributed by atoms with Crippen LogP contribution < -0.4 is 11.3 Å². The third-order valence-electron chi connectivity index (χ3n) is 2.74. The van der Waals surface area contributed by atoms with E-state index >= 15 is 0 Å². The first kappa shape index (κ1) is 14.6. The molecule has 0 aromatic heterocycles. The van der Waals surface area contributed by atoms with Crippen LogP contribution in [-0.2, 0) is 0 Å². The van der Waals surface area contributed by atoms with E-state index in [1.807, 2.05) is 0 Å². The Hall–Kier alpha value is -0.820. The fourth-order valence-corrected chi connectivity index (χ4v) is 2.43. The predicted molar refractivity (Wildman–Crippen MR) is 77.4 cm³/mol. The lowest BCUT2D eigenvalue weighted by atomic mass is 9.99. The highest BCUT2D eigenvalue weighted by Crippen LogP contribution is 2.29. The van der Waals surface area contributed by atoms with Gasteiger partial charge in [0.2, 0.25) is 0 Å². The van der Waals surface area contributed by atoms with Crippen molar-refractivity contribution in [3.63, 3.8) is 0 Å². The second-order valence-corrected chi connectivity index (χ2v) is 5.62. The molecule has 0 aliphatic heterocycles. The van der Waals surface area contributed by atoms with Crippen LogP contribution in [0.5, 0.6) is 0 Å². The number of hydrazine groups is 1. The summed E-state index contributed by atoms with van der Waals surface area (Å²) in [6, 6.07) is 8.82. The van der Waals surface area contributed by atoms with Gasteiger partial charge < -0.3 is 0 Å². The number of halogens is 4. The zero-order chi connectivity index (χ0) is 14.0. The van der Waals surface area contributed by atoms with E-state index in [2.05, 4.69) is 37.3 Å². The van der Waals surface area contributed by atoms with Crippen LogP contribution in [0.4, 0.5) is 8.78 Å². The Balaban J connectivity index is 2.50. The number of nitrogens with one attached hydrogen (secondary N) is 1. The van der Waals surface area contributed by atoms with E-state index < -0.39 is 17.7 Å². The van der Waals surface area contributed by atoms with E-state index in [0.717, 1.165) is 0 Å². The highest BCUT2D eigenvalue weighted by Gasteiger charge is 2.19. The lowest BCUT2D eigenvalue weighted by Crippen LogP contribution is -2.29. The van der Waals surface area contributed by atoms with E-state index in [1.165, 1.54) is 6.07 Å². The summed E-state index contributed by atoms with van der Waals surface area (Å²) in [7, 11) is 0. The fraction of sp³-hybridized carbons (Fsp3) is 0.0769. The van der Waals surface area contributed by atoms with Crippen LogP contribution in [0.15, 0.2) is 45.3 Å². The molecule has 2 nitrogen and oxygen atoms in total. The maximum Gasteiger partial charge on any atom is 0.142 e. The molecule has 2 aromatic carbocycles. The van der Waals surface area contributed by atoms with Crippen LogP contribution in [0.2, 0.25) is 0 Å². The lowest BCUT2D eigenvalue weighted by Gasteiger charge is -2.18. The minimum absolute atomic E-state index is 0.336. The third-order valence-corrected chi connectivity index (χ3v) is 3.99. The van der Waals surface area contributed by atoms with Gasteiger partial charge in [-0.1, -0.05) is 18.2 Å². The maximum atomic E-state index is 14.1. The summed E-state index contributed by atoms with van der Waals surface area (Å²) in [6.45, 7) is 0. The van der Waals surface area contributed by atoms with Gasteiger partial charge in [0.1, 0.15) is 11.6 Å². The van der Waals surface area contributed by atoms with Crippen LogP contribution in [0, 0.1) is 11.6 Å². The molecular formula is C13H10Br2F2N2. The Kier molecular flexibility index (Phi) is 4.67. The van der Waals surface area contributed by atoms with Gasteiger partial charge in [0.25, 0.3) is 0 Å². The van der Waals surface area contributed by atoms with E-state index in [-0.39, 0.29) is 0 Å². The van der Waals surface area contributed by atoms with Crippen LogP contribution in [-0.4, -0.2) is 0 Å². The van der Waals surface area contributed by atoms with Crippen molar-refractivity contribution in [1.82, 2.24) is 5.43 Å². The molecule has 0 spiro atoms. The third kappa shape index (κ3) is 3.02. The molecule has 2 rings (SSSR count). The highest BCUT2D eigenvalue weighted by molar-refractivity contribution is 9.10. The Morgan fingerprint density at radius 1 is 1.05 bits per heavy atom. The molecule has 3 N–H and O–H groups in total. The average molecular weight is 392 g/mol. The van der Waals surface area contributed by atoms with Crippen LogP contribution in [0.3, 0.4) is 0 Å². The van der Waals surface area contributed by atoms with Gasteiger partial charge in [-0.2, -0.15) is 0 Å². The van der Waals surface area contributed by atoms with E-state index in [4.69, 9.17) is 5.84 Å². The molecule has 19 heavy (non-hydrogen) atoms. The Morgan fingerprint density at radius 2 is 1.79 bits per heavy atom. The van der Waals surface area contributed by atoms with Gasteiger partial charge in [0.15, 0.2) is 0 Å². The summed E-state index contributed by atoms with van der Waals surface area (Å²) < 4.78 is 28.3. The first-order valence-corrected chi connectivity index (χ1v) is 6.98. The van der Waals surface area contributed by atoms with Crippen molar-refractivity contribution in [2.45, 2.75) is 6.04 Å². The summed E-state index contributed by atoms with van der Waals surface area (Å²) in [5.41, 5.74) is 3.39. The van der Waals surface area contributed by atoms with Crippen molar-refractivity contribution in [2.75, 3.05) is 0 Å². The molecule has 2 aromatic rings. The molecule has 0 amide bonds. The monoisotopic (exact) mass is 390 g/mol. The van der Waals surface area contributed by atoms with E-state index in [9.17, 15) is 8.78 Å². The van der Waals surface area contributed by atoms with Crippen molar-refractivity contribution in [3.8, 4) is 0 Å². The summed E-state index contributed by atoms with van der Waals surface area (Å²) in [6.07, 6.45) is 0. The zero-order valence-corrected chi connectivity index (χ0v) is 12.8. The predicted octanol–water partition coefficient (Wildman–Crippen LogP) is 4.04. The second-order valence-electron chi connectivity index (χ2n) is 3.92. The van der Waals surface area contributed by atoms with Crippen molar-refractivity contribution in [2.24, 2.45) is 5.84 Å². The smallest absolute Gasteiger partial charge is 0.142 e. The average Bonchev–Trinajstić information content (AvgIpc) is 2.39. The molecule has 0 aliphatic rings. The van der Waals surface area contributed by atoms with Gasteiger partial charge in [0, 0.05) is 5.56 Å². The number of hydrogen-bond acceptors (Lipinski definition) is 2. The van der Waals surface area contributed by atoms with Crippen LogP contribution in [0.1, 0.15) is 17.2 Å². The molecule has 1 atom stereocenters. The van der Waals surface area contributed by atoms with E-state index in [0.29, 0.717) is 20.1 Å². The summed E-state index contributed by atoms with van der Waals surface area (Å²) in [5.74, 6) is 4.63. The molecule has 0 radical (unpaired) electrons. The van der Waals surface area contributed by atoms with Gasteiger partial charge in [-0.25, -0.2) is 14.2 Å². The lowest BCUT2D eigenvalue weighted by molar-refractivity contribution is 0.551. The minimum atomic E-state index is -0.625. The molecule has 0 heterocycles. The SMILES string of the molecule is NNC(c1ccc(Br)c(F)c1)c1cccc(Br)c1F. The van der Waals surface area contributed by atoms with Gasteiger partial charge in [-0.05, 0) is 55.6 Å². The number of benzene rings is 2. The van der Waals surface area contributed by atoms with Crippen molar-refractivity contribution >= 4 is 31.9 Å². The van der Waals surface area contributed by atoms with Gasteiger partial charge >= 0.3 is 0 Å². The minimum Gasteiger partial charge on any atom is -0.271 e. The largest absolute Gasteiger partial charge is 0.271 e. The Labute approximate surface area is 126 Å². The first-order valence-electron chi connectivity index (χ1n) is 5.39. The van der Waals surface area contributed by atoms with E-state index in [1.54, 1.807) is 30.3 Å². The molecule has 6 heteroatoms.